The summed E-state index contributed by atoms with van der Waals surface area (Å²) in [6.45, 7) is 0.858. The number of benzene rings is 1. The van der Waals surface area contributed by atoms with Crippen LogP contribution < -0.4 is 0 Å². The molecule has 0 atom stereocenters. The Kier molecular flexibility index (Phi) is 5.38. The second-order valence-corrected chi connectivity index (χ2v) is 7.13. The van der Waals surface area contributed by atoms with Crippen LogP contribution in [0, 0.1) is 0 Å². The van der Waals surface area contributed by atoms with E-state index in [9.17, 15) is 18.0 Å². The summed E-state index contributed by atoms with van der Waals surface area (Å²) in [5.74, 6) is -1.43. The molecule has 0 aromatic heterocycles. The summed E-state index contributed by atoms with van der Waals surface area (Å²) < 4.78 is 36.1. The van der Waals surface area contributed by atoms with Crippen molar-refractivity contribution in [1.82, 2.24) is 4.31 Å². The minimum Gasteiger partial charge on any atom is -0.465 e. The molecule has 0 N–H and O–H groups in total. The summed E-state index contributed by atoms with van der Waals surface area (Å²) >= 11 is 0. The van der Waals surface area contributed by atoms with Crippen LogP contribution in [0.15, 0.2) is 23.1 Å². The van der Waals surface area contributed by atoms with E-state index in [1.54, 1.807) is 0 Å². The smallest absolute Gasteiger partial charge is 0.337 e. The zero-order chi connectivity index (χ0) is 17.0. The molecule has 1 aliphatic rings. The Balaban J connectivity index is 2.51. The van der Waals surface area contributed by atoms with E-state index < -0.39 is 22.0 Å². The van der Waals surface area contributed by atoms with Gasteiger partial charge in [-0.1, -0.05) is 6.42 Å². The summed E-state index contributed by atoms with van der Waals surface area (Å²) in [4.78, 5) is 23.4. The van der Waals surface area contributed by atoms with Crippen molar-refractivity contribution < 1.29 is 27.5 Å². The summed E-state index contributed by atoms with van der Waals surface area (Å²) in [6.07, 6.45) is 2.57. The van der Waals surface area contributed by atoms with Crippen molar-refractivity contribution in [3.05, 3.63) is 29.3 Å². The highest BCUT2D eigenvalue weighted by Gasteiger charge is 2.28. The van der Waals surface area contributed by atoms with Gasteiger partial charge in [-0.15, -0.1) is 0 Å². The lowest BCUT2D eigenvalue weighted by Gasteiger charge is -2.26. The summed E-state index contributed by atoms with van der Waals surface area (Å²) in [6, 6.07) is 3.71. The van der Waals surface area contributed by atoms with Crippen molar-refractivity contribution in [3.63, 3.8) is 0 Å². The standard InChI is InChI=1S/C15H19NO6S/c1-21-14(17)11-8-12(15(18)22-2)10-13(9-11)23(19,20)16-6-4-3-5-7-16/h8-10H,3-7H2,1-2H3. The van der Waals surface area contributed by atoms with Crippen molar-refractivity contribution in [2.24, 2.45) is 0 Å². The first-order valence-corrected chi connectivity index (χ1v) is 8.66. The van der Waals surface area contributed by atoms with Gasteiger partial charge >= 0.3 is 11.9 Å². The second kappa shape index (κ2) is 7.10. The van der Waals surface area contributed by atoms with E-state index in [1.165, 1.54) is 36.7 Å². The molecule has 1 aromatic rings. The lowest BCUT2D eigenvalue weighted by atomic mass is 10.1. The van der Waals surface area contributed by atoms with Gasteiger partial charge in [0.05, 0.1) is 30.2 Å². The van der Waals surface area contributed by atoms with Crippen LogP contribution in [0.2, 0.25) is 0 Å². The van der Waals surface area contributed by atoms with Gasteiger partial charge in [0.25, 0.3) is 0 Å². The van der Waals surface area contributed by atoms with Crippen LogP contribution in [0.1, 0.15) is 40.0 Å². The van der Waals surface area contributed by atoms with Gasteiger partial charge in [0, 0.05) is 13.1 Å². The summed E-state index contributed by atoms with van der Waals surface area (Å²) in [5.41, 5.74) is -0.0167. The van der Waals surface area contributed by atoms with Crippen LogP contribution >= 0.6 is 0 Å². The van der Waals surface area contributed by atoms with Crippen molar-refractivity contribution in [2.45, 2.75) is 24.2 Å². The van der Waals surface area contributed by atoms with Crippen molar-refractivity contribution in [3.8, 4) is 0 Å². The van der Waals surface area contributed by atoms with Crippen molar-refractivity contribution in [1.29, 1.82) is 0 Å². The van der Waals surface area contributed by atoms with Crippen LogP contribution in [-0.4, -0.2) is 52.0 Å². The quantitative estimate of drug-likeness (QED) is 0.770. The Hall–Kier alpha value is -1.93. The maximum atomic E-state index is 12.7. The molecule has 23 heavy (non-hydrogen) atoms. The molecule has 7 nitrogen and oxygen atoms in total. The summed E-state index contributed by atoms with van der Waals surface area (Å²) in [5, 5.41) is 0. The fourth-order valence-electron chi connectivity index (χ4n) is 2.47. The monoisotopic (exact) mass is 341 g/mol. The van der Waals surface area contributed by atoms with Crippen LogP contribution in [0.3, 0.4) is 0 Å². The Bertz CT molecular complexity index is 672. The molecule has 1 saturated heterocycles. The van der Waals surface area contributed by atoms with Gasteiger partial charge in [-0.3, -0.25) is 0 Å². The molecule has 126 valence electrons. The molecule has 0 aliphatic carbocycles. The van der Waals surface area contributed by atoms with Crippen molar-refractivity contribution >= 4 is 22.0 Å². The third-order valence-corrected chi connectivity index (χ3v) is 5.58. The predicted octanol–water partition coefficient (Wildman–Crippen LogP) is 1.43. The molecular formula is C15H19NO6S. The van der Waals surface area contributed by atoms with Gasteiger partial charge in [0.2, 0.25) is 10.0 Å². The Morgan fingerprint density at radius 1 is 0.913 bits per heavy atom. The molecule has 0 spiro atoms. The average Bonchev–Trinajstić information content (AvgIpc) is 2.60. The summed E-state index contributed by atoms with van der Waals surface area (Å²) in [7, 11) is -1.40. The van der Waals surface area contributed by atoms with E-state index in [-0.39, 0.29) is 16.0 Å². The lowest BCUT2D eigenvalue weighted by Crippen LogP contribution is -2.35. The van der Waals surface area contributed by atoms with Crippen LogP contribution in [0.5, 0.6) is 0 Å². The number of ether oxygens (including phenoxy) is 2. The number of esters is 2. The molecule has 0 bridgehead atoms. The number of hydrogen-bond donors (Lipinski definition) is 0. The zero-order valence-corrected chi connectivity index (χ0v) is 13.9. The highest BCUT2D eigenvalue weighted by molar-refractivity contribution is 7.89. The maximum Gasteiger partial charge on any atom is 0.337 e. The lowest BCUT2D eigenvalue weighted by molar-refractivity contribution is 0.0598. The average molecular weight is 341 g/mol. The first kappa shape index (κ1) is 17.4. The zero-order valence-electron chi connectivity index (χ0n) is 13.1. The SMILES string of the molecule is COC(=O)c1cc(C(=O)OC)cc(S(=O)(=O)N2CCCCC2)c1. The Morgan fingerprint density at radius 3 is 1.83 bits per heavy atom. The number of rotatable bonds is 4. The molecule has 2 rings (SSSR count). The van der Waals surface area contributed by atoms with Gasteiger partial charge < -0.3 is 9.47 Å². The Morgan fingerprint density at radius 2 is 1.39 bits per heavy atom. The number of methoxy groups -OCH3 is 2. The number of nitrogens with zero attached hydrogens (tertiary/aromatic N) is 1. The second-order valence-electron chi connectivity index (χ2n) is 5.19. The normalized spacial score (nSPS) is 15.9. The van der Waals surface area contributed by atoms with Crippen LogP contribution in [0.4, 0.5) is 0 Å². The van der Waals surface area contributed by atoms with E-state index >= 15 is 0 Å². The third-order valence-electron chi connectivity index (χ3n) is 3.70. The largest absolute Gasteiger partial charge is 0.465 e. The molecule has 0 saturated carbocycles. The van der Waals surface area contributed by atoms with E-state index in [1.807, 2.05) is 0 Å². The molecular weight excluding hydrogens is 322 g/mol. The molecule has 1 fully saturated rings. The van der Waals surface area contributed by atoms with E-state index in [2.05, 4.69) is 9.47 Å². The molecule has 0 amide bonds. The first-order valence-electron chi connectivity index (χ1n) is 7.22. The van der Waals surface area contributed by atoms with E-state index in [4.69, 9.17) is 0 Å². The molecule has 1 heterocycles. The number of sulfonamides is 1. The highest BCUT2D eigenvalue weighted by atomic mass is 32.2. The van der Waals surface area contributed by atoms with Gasteiger partial charge in [0.15, 0.2) is 0 Å². The van der Waals surface area contributed by atoms with Gasteiger partial charge in [-0.25, -0.2) is 18.0 Å². The first-order chi connectivity index (χ1) is 10.9. The van der Waals surface area contributed by atoms with Gasteiger partial charge in [-0.2, -0.15) is 4.31 Å². The van der Waals surface area contributed by atoms with Gasteiger partial charge in [-0.05, 0) is 31.0 Å². The number of hydrogen-bond acceptors (Lipinski definition) is 6. The van der Waals surface area contributed by atoms with Gasteiger partial charge in [0.1, 0.15) is 0 Å². The van der Waals surface area contributed by atoms with Crippen LogP contribution in [0.25, 0.3) is 0 Å². The molecule has 1 aromatic carbocycles. The Labute approximate surface area is 135 Å². The minimum absolute atomic E-state index is 0.00835. The number of carbonyl (C=O) groups excluding carboxylic acids is 2. The highest BCUT2D eigenvalue weighted by Crippen LogP contribution is 2.23. The number of piperidine rings is 1. The molecule has 0 radical (unpaired) electrons. The predicted molar refractivity (Wildman–Crippen MR) is 81.7 cm³/mol. The van der Waals surface area contributed by atoms with E-state index in [0.29, 0.717) is 13.1 Å². The third kappa shape index (κ3) is 3.70. The molecule has 8 heteroatoms. The maximum absolute atomic E-state index is 12.7. The molecule has 0 unspecified atom stereocenters. The van der Waals surface area contributed by atoms with E-state index in [0.717, 1.165) is 19.3 Å². The number of carbonyl (C=O) groups is 2. The van der Waals surface area contributed by atoms with Crippen molar-refractivity contribution in [2.75, 3.05) is 27.3 Å². The topological polar surface area (TPSA) is 90.0 Å². The fourth-order valence-corrected chi connectivity index (χ4v) is 4.06. The molecule has 1 aliphatic heterocycles. The van der Waals surface area contributed by atoms with Crippen LogP contribution in [-0.2, 0) is 19.5 Å². The fraction of sp³-hybridized carbons (Fsp3) is 0.467. The minimum atomic E-state index is -3.77.